The molecule has 4 aliphatic carbocycles. The fraction of sp³-hybridized carbons (Fsp3) is 1.00. The molecular formula is C20H36O3. The number of aliphatic hydroxyl groups is 3. The molecule has 4 saturated carbocycles. The van der Waals surface area contributed by atoms with Crippen LogP contribution in [-0.4, -0.2) is 32.1 Å². The molecule has 3 N–H and O–H groups in total. The van der Waals surface area contributed by atoms with Crippen molar-refractivity contribution in [3.05, 3.63) is 0 Å². The van der Waals surface area contributed by atoms with Crippen LogP contribution in [0.25, 0.3) is 0 Å². The average Bonchev–Trinajstić information content (AvgIpc) is 2.36. The molecular weight excluding hydrogens is 288 g/mol. The molecule has 0 radical (unpaired) electrons. The number of hydrogen-bond donors (Lipinski definition) is 3. The lowest BCUT2D eigenvalue weighted by atomic mass is 9.44. The summed E-state index contributed by atoms with van der Waals surface area (Å²) in [5.74, 6) is 0. The van der Waals surface area contributed by atoms with Crippen LogP contribution < -0.4 is 0 Å². The van der Waals surface area contributed by atoms with E-state index >= 15 is 0 Å². The summed E-state index contributed by atoms with van der Waals surface area (Å²) in [6, 6.07) is 0. The van der Waals surface area contributed by atoms with Gasteiger partial charge in [0.05, 0.1) is 16.8 Å². The zero-order valence-electron chi connectivity index (χ0n) is 14.9. The van der Waals surface area contributed by atoms with E-state index in [1.165, 1.54) is 51.4 Å². The van der Waals surface area contributed by atoms with Gasteiger partial charge in [-0.2, -0.15) is 0 Å². The van der Waals surface area contributed by atoms with E-state index in [1.807, 2.05) is 0 Å². The van der Waals surface area contributed by atoms with Gasteiger partial charge in [-0.3, -0.25) is 0 Å². The summed E-state index contributed by atoms with van der Waals surface area (Å²) in [4.78, 5) is 0. The lowest BCUT2D eigenvalue weighted by Crippen LogP contribution is -2.69. The molecule has 134 valence electrons. The van der Waals surface area contributed by atoms with Crippen LogP contribution in [-0.2, 0) is 0 Å². The predicted molar refractivity (Wildman–Crippen MR) is 92.2 cm³/mol. The number of hydrogen-bond acceptors (Lipinski definition) is 3. The Morgan fingerprint density at radius 3 is 1.39 bits per heavy atom. The van der Waals surface area contributed by atoms with Crippen molar-refractivity contribution in [2.24, 2.45) is 5.41 Å². The van der Waals surface area contributed by atoms with E-state index in [-0.39, 0.29) is 5.41 Å². The van der Waals surface area contributed by atoms with Crippen LogP contribution in [0.3, 0.4) is 0 Å². The molecule has 23 heavy (non-hydrogen) atoms. The third-order valence-corrected chi connectivity index (χ3v) is 6.65. The maximum atomic E-state index is 10.8. The monoisotopic (exact) mass is 324 g/mol. The Labute approximate surface area is 141 Å². The van der Waals surface area contributed by atoms with Crippen molar-refractivity contribution in [3.63, 3.8) is 0 Å². The average molecular weight is 325 g/mol. The van der Waals surface area contributed by atoms with E-state index in [9.17, 15) is 15.3 Å². The van der Waals surface area contributed by atoms with Crippen molar-refractivity contribution in [1.29, 1.82) is 0 Å². The van der Waals surface area contributed by atoms with E-state index in [1.54, 1.807) is 0 Å². The lowest BCUT2D eigenvalue weighted by molar-refractivity contribution is -0.281. The molecule has 0 atom stereocenters. The Balaban J connectivity index is 1.47. The predicted octanol–water partition coefficient (Wildman–Crippen LogP) is 4.08. The Kier molecular flexibility index (Phi) is 4.85. The molecule has 0 aliphatic heterocycles. The molecule has 0 spiro atoms. The van der Waals surface area contributed by atoms with Crippen LogP contribution in [0.5, 0.6) is 0 Å². The summed E-state index contributed by atoms with van der Waals surface area (Å²) in [6.07, 6.45) is 15.3. The van der Waals surface area contributed by atoms with Gasteiger partial charge < -0.3 is 15.3 Å². The largest absolute Gasteiger partial charge is 0.390 e. The minimum atomic E-state index is -0.821. The maximum Gasteiger partial charge on any atom is 0.0707 e. The molecule has 4 bridgehead atoms. The quantitative estimate of drug-likeness (QED) is 0.560. The van der Waals surface area contributed by atoms with Gasteiger partial charge in [-0.25, -0.2) is 0 Å². The van der Waals surface area contributed by atoms with Crippen LogP contribution >= 0.6 is 0 Å². The molecule has 0 aromatic heterocycles. The van der Waals surface area contributed by atoms with E-state index in [4.69, 9.17) is 0 Å². The zero-order chi connectivity index (χ0) is 16.6. The van der Waals surface area contributed by atoms with E-state index in [2.05, 4.69) is 6.92 Å². The van der Waals surface area contributed by atoms with Crippen molar-refractivity contribution >= 4 is 0 Å². The molecule has 0 aromatic rings. The second kappa shape index (κ2) is 6.31. The summed E-state index contributed by atoms with van der Waals surface area (Å²) >= 11 is 0. The first-order valence-electron chi connectivity index (χ1n) is 9.97. The van der Waals surface area contributed by atoms with Crippen molar-refractivity contribution in [1.82, 2.24) is 0 Å². The standard InChI is InChI=1S/C20H36O3/c1-2-3-4-5-6-7-8-9-10-17-11-18(21)14-19(22,12-17)16-20(23,13-17)15-18/h21-23H,2-16H2,1H3. The summed E-state index contributed by atoms with van der Waals surface area (Å²) in [7, 11) is 0. The number of unbranched alkanes of at least 4 members (excludes halogenated alkanes) is 7. The molecule has 3 heteroatoms. The second-order valence-electron chi connectivity index (χ2n) is 9.46. The molecule has 0 unspecified atom stereocenters. The van der Waals surface area contributed by atoms with Crippen molar-refractivity contribution < 1.29 is 15.3 Å². The Morgan fingerprint density at radius 1 is 0.565 bits per heavy atom. The van der Waals surface area contributed by atoms with Crippen LogP contribution in [0, 0.1) is 5.41 Å². The fourth-order valence-corrected chi connectivity index (χ4v) is 6.58. The minimum Gasteiger partial charge on any atom is -0.390 e. The Hall–Kier alpha value is -0.120. The topological polar surface area (TPSA) is 60.7 Å². The van der Waals surface area contributed by atoms with Crippen LogP contribution in [0.1, 0.15) is 103 Å². The highest BCUT2D eigenvalue weighted by molar-refractivity contribution is 5.19. The molecule has 0 saturated heterocycles. The highest BCUT2D eigenvalue weighted by Gasteiger charge is 2.67. The molecule has 4 rings (SSSR count). The van der Waals surface area contributed by atoms with Gasteiger partial charge in [0.25, 0.3) is 0 Å². The van der Waals surface area contributed by atoms with Gasteiger partial charge in [-0.1, -0.05) is 58.3 Å². The molecule has 4 fully saturated rings. The van der Waals surface area contributed by atoms with E-state index in [0.29, 0.717) is 19.3 Å². The van der Waals surface area contributed by atoms with Crippen molar-refractivity contribution in [2.45, 2.75) is 120 Å². The summed E-state index contributed by atoms with van der Waals surface area (Å²) in [6.45, 7) is 2.25. The fourth-order valence-electron chi connectivity index (χ4n) is 6.58. The zero-order valence-corrected chi connectivity index (χ0v) is 14.9. The lowest BCUT2D eigenvalue weighted by Gasteiger charge is -2.66. The summed E-state index contributed by atoms with van der Waals surface area (Å²) < 4.78 is 0. The SMILES string of the molecule is CCCCCCCCCCC12CC3(O)CC(O)(CC(O)(C3)C1)C2. The van der Waals surface area contributed by atoms with Gasteiger partial charge in [0.1, 0.15) is 0 Å². The van der Waals surface area contributed by atoms with E-state index < -0.39 is 16.8 Å². The van der Waals surface area contributed by atoms with Crippen molar-refractivity contribution in [3.8, 4) is 0 Å². The third-order valence-electron chi connectivity index (χ3n) is 6.65. The molecule has 3 nitrogen and oxygen atoms in total. The first-order chi connectivity index (χ1) is 10.8. The van der Waals surface area contributed by atoms with Gasteiger partial charge in [0.15, 0.2) is 0 Å². The smallest absolute Gasteiger partial charge is 0.0707 e. The third kappa shape index (κ3) is 3.93. The highest BCUT2D eigenvalue weighted by atomic mass is 16.3. The molecule has 0 heterocycles. The Morgan fingerprint density at radius 2 is 0.957 bits per heavy atom. The van der Waals surface area contributed by atoms with Gasteiger partial charge in [-0.05, 0) is 31.1 Å². The van der Waals surface area contributed by atoms with Crippen molar-refractivity contribution in [2.75, 3.05) is 0 Å². The Bertz CT molecular complexity index is 366. The normalized spacial score (nSPS) is 44.9. The van der Waals surface area contributed by atoms with E-state index in [0.717, 1.165) is 25.7 Å². The molecule has 0 amide bonds. The summed E-state index contributed by atoms with van der Waals surface area (Å²) in [5.41, 5.74) is -2.48. The van der Waals surface area contributed by atoms with Crippen LogP contribution in [0.15, 0.2) is 0 Å². The van der Waals surface area contributed by atoms with Crippen LogP contribution in [0.2, 0.25) is 0 Å². The van der Waals surface area contributed by atoms with Gasteiger partial charge in [0.2, 0.25) is 0 Å². The minimum absolute atomic E-state index is 0.0186. The van der Waals surface area contributed by atoms with Gasteiger partial charge in [-0.15, -0.1) is 0 Å². The first-order valence-corrected chi connectivity index (χ1v) is 9.97. The highest BCUT2D eigenvalue weighted by Crippen LogP contribution is 2.65. The molecule has 0 aromatic carbocycles. The number of rotatable bonds is 9. The first kappa shape index (κ1) is 17.7. The second-order valence-corrected chi connectivity index (χ2v) is 9.46. The van der Waals surface area contributed by atoms with Gasteiger partial charge in [0, 0.05) is 19.3 Å². The molecule has 4 aliphatic rings. The van der Waals surface area contributed by atoms with Crippen LogP contribution in [0.4, 0.5) is 0 Å². The summed E-state index contributed by atoms with van der Waals surface area (Å²) in [5, 5.41) is 32.4. The van der Waals surface area contributed by atoms with Gasteiger partial charge >= 0.3 is 0 Å². The maximum absolute atomic E-state index is 10.8.